The molecule has 0 fully saturated rings. The summed E-state index contributed by atoms with van der Waals surface area (Å²) in [7, 11) is 1.31. The molecule has 0 unspecified atom stereocenters. The van der Waals surface area contributed by atoms with E-state index < -0.39 is 17.8 Å². The van der Waals surface area contributed by atoms with Crippen molar-refractivity contribution in [1.82, 2.24) is 20.2 Å². The van der Waals surface area contributed by atoms with E-state index in [2.05, 4.69) is 20.2 Å². The van der Waals surface area contributed by atoms with E-state index in [1.807, 2.05) is 0 Å². The standard InChI is InChI=1S/C25H18F3N5O3/c1-33(24(35)36)23-29-19-9-7-14(12-21(19)30-23)17-10-13(6-8-18(17)25(26,27)28)11-20-15-4-2-3-5-16(15)22(34)32-31-20/h2-10,12H,11H2,1H3,(H,29,30)(H,32,34)(H,35,36). The van der Waals surface area contributed by atoms with Gasteiger partial charge >= 0.3 is 12.3 Å². The monoisotopic (exact) mass is 493 g/mol. The number of rotatable bonds is 4. The zero-order valence-electron chi connectivity index (χ0n) is 18.7. The summed E-state index contributed by atoms with van der Waals surface area (Å²) in [5, 5.41) is 16.8. The first-order valence-electron chi connectivity index (χ1n) is 10.7. The molecule has 182 valence electrons. The molecule has 0 spiro atoms. The quantitative estimate of drug-likeness (QED) is 0.319. The highest BCUT2D eigenvalue weighted by Crippen LogP contribution is 2.39. The van der Waals surface area contributed by atoms with Crippen LogP contribution in [0.25, 0.3) is 32.9 Å². The molecular weight excluding hydrogens is 475 g/mol. The summed E-state index contributed by atoms with van der Waals surface area (Å²) in [6.45, 7) is 0. The molecule has 0 radical (unpaired) electrons. The number of carboxylic acid groups (broad SMARTS) is 1. The average Bonchev–Trinajstić information content (AvgIpc) is 3.28. The highest BCUT2D eigenvalue weighted by molar-refractivity contribution is 5.89. The molecule has 0 saturated carbocycles. The van der Waals surface area contributed by atoms with E-state index in [0.717, 1.165) is 11.0 Å². The molecule has 1 amide bonds. The zero-order valence-corrected chi connectivity index (χ0v) is 18.7. The molecule has 0 aliphatic heterocycles. The van der Waals surface area contributed by atoms with Crippen LogP contribution < -0.4 is 10.5 Å². The van der Waals surface area contributed by atoms with Crippen molar-refractivity contribution in [1.29, 1.82) is 0 Å². The maximum atomic E-state index is 13.9. The number of hydrogen-bond acceptors (Lipinski definition) is 4. The Balaban J connectivity index is 1.61. The number of imidazole rings is 1. The number of anilines is 1. The fourth-order valence-electron chi connectivity index (χ4n) is 4.10. The van der Waals surface area contributed by atoms with Crippen molar-refractivity contribution < 1.29 is 23.1 Å². The molecule has 2 aromatic heterocycles. The van der Waals surface area contributed by atoms with Crippen LogP contribution in [0.4, 0.5) is 23.9 Å². The van der Waals surface area contributed by atoms with Gasteiger partial charge in [0.05, 0.1) is 27.7 Å². The SMILES string of the molecule is CN(C(=O)O)c1nc2ccc(-c3cc(Cc4n[nH]c(=O)c5ccccc45)ccc3C(F)(F)F)cc2[nH]1. The van der Waals surface area contributed by atoms with Crippen molar-refractivity contribution in [2.75, 3.05) is 11.9 Å². The maximum absolute atomic E-state index is 13.9. The van der Waals surface area contributed by atoms with Gasteiger partial charge in [0.25, 0.3) is 5.56 Å². The fraction of sp³-hybridized carbons (Fsp3) is 0.120. The molecule has 11 heteroatoms. The molecule has 36 heavy (non-hydrogen) atoms. The Morgan fingerprint density at radius 1 is 1.06 bits per heavy atom. The third-order valence-corrected chi connectivity index (χ3v) is 5.92. The molecule has 5 rings (SSSR count). The predicted molar refractivity (Wildman–Crippen MR) is 128 cm³/mol. The number of nitrogens with one attached hydrogen (secondary N) is 2. The maximum Gasteiger partial charge on any atom is 0.417 e. The van der Waals surface area contributed by atoms with Crippen LogP contribution in [0, 0.1) is 0 Å². The van der Waals surface area contributed by atoms with E-state index in [9.17, 15) is 22.8 Å². The second kappa shape index (κ2) is 8.52. The van der Waals surface area contributed by atoms with Gasteiger partial charge in [-0.15, -0.1) is 0 Å². The summed E-state index contributed by atoms with van der Waals surface area (Å²) >= 11 is 0. The Morgan fingerprint density at radius 2 is 1.81 bits per heavy atom. The van der Waals surface area contributed by atoms with Gasteiger partial charge in [0.15, 0.2) is 0 Å². The first-order chi connectivity index (χ1) is 17.1. The van der Waals surface area contributed by atoms with E-state index in [0.29, 0.717) is 33.1 Å². The molecule has 8 nitrogen and oxygen atoms in total. The normalized spacial score (nSPS) is 11.8. The molecule has 3 N–H and O–H groups in total. The number of halogens is 3. The fourth-order valence-corrected chi connectivity index (χ4v) is 4.10. The van der Waals surface area contributed by atoms with Crippen LogP contribution in [0.2, 0.25) is 0 Å². The van der Waals surface area contributed by atoms with Gasteiger partial charge in [-0.1, -0.05) is 36.4 Å². The highest BCUT2D eigenvalue weighted by atomic mass is 19.4. The second-order valence-electron chi connectivity index (χ2n) is 8.23. The van der Waals surface area contributed by atoms with Crippen LogP contribution in [-0.2, 0) is 12.6 Å². The van der Waals surface area contributed by atoms with Gasteiger partial charge in [-0.2, -0.15) is 18.3 Å². The number of benzene rings is 3. The number of carbonyl (C=O) groups is 1. The minimum absolute atomic E-state index is 0.0432. The van der Waals surface area contributed by atoms with E-state index in [1.54, 1.807) is 24.3 Å². The number of amides is 1. The lowest BCUT2D eigenvalue weighted by Crippen LogP contribution is -2.24. The van der Waals surface area contributed by atoms with E-state index in [4.69, 9.17) is 5.11 Å². The largest absolute Gasteiger partial charge is 0.465 e. The molecule has 0 aliphatic carbocycles. The molecule has 0 atom stereocenters. The first-order valence-corrected chi connectivity index (χ1v) is 10.7. The van der Waals surface area contributed by atoms with Crippen LogP contribution >= 0.6 is 0 Å². The summed E-state index contributed by atoms with van der Waals surface area (Å²) in [5.74, 6) is 0.0514. The number of H-pyrrole nitrogens is 2. The topological polar surface area (TPSA) is 115 Å². The third-order valence-electron chi connectivity index (χ3n) is 5.92. The van der Waals surface area contributed by atoms with E-state index >= 15 is 0 Å². The van der Waals surface area contributed by atoms with Crippen LogP contribution in [0.5, 0.6) is 0 Å². The number of aromatic nitrogens is 4. The number of alkyl halides is 3. The van der Waals surface area contributed by atoms with E-state index in [-0.39, 0.29) is 29.1 Å². The lowest BCUT2D eigenvalue weighted by Gasteiger charge is -2.15. The minimum Gasteiger partial charge on any atom is -0.465 e. The van der Waals surface area contributed by atoms with Crippen molar-refractivity contribution in [3.8, 4) is 11.1 Å². The van der Waals surface area contributed by atoms with Crippen LogP contribution in [0.3, 0.4) is 0 Å². The molecule has 0 saturated heterocycles. The summed E-state index contributed by atoms with van der Waals surface area (Å²) in [6, 6.07) is 15.3. The third kappa shape index (κ3) is 4.15. The molecule has 5 aromatic rings. The van der Waals surface area contributed by atoms with Gasteiger partial charge in [0.1, 0.15) is 0 Å². The second-order valence-corrected chi connectivity index (χ2v) is 8.23. The lowest BCUT2D eigenvalue weighted by atomic mass is 9.94. The van der Waals surface area contributed by atoms with Gasteiger partial charge in [0, 0.05) is 18.9 Å². The Hall–Kier alpha value is -4.67. The smallest absolute Gasteiger partial charge is 0.417 e. The Kier molecular flexibility index (Phi) is 5.47. The van der Waals surface area contributed by atoms with Gasteiger partial charge in [0.2, 0.25) is 5.95 Å². The van der Waals surface area contributed by atoms with Gasteiger partial charge in [-0.05, 0) is 41.0 Å². The molecule has 3 aromatic carbocycles. The first kappa shape index (κ1) is 23.1. The van der Waals surface area contributed by atoms with Crippen LogP contribution in [0.1, 0.15) is 16.8 Å². The molecule has 2 heterocycles. The lowest BCUT2D eigenvalue weighted by molar-refractivity contribution is -0.137. The van der Waals surface area contributed by atoms with Crippen molar-refractivity contribution >= 4 is 33.8 Å². The van der Waals surface area contributed by atoms with Crippen LogP contribution in [0.15, 0.2) is 65.5 Å². The Morgan fingerprint density at radius 3 is 2.53 bits per heavy atom. The Bertz CT molecular complexity index is 1690. The number of aromatic amines is 2. The molecule has 0 bridgehead atoms. The van der Waals surface area contributed by atoms with Crippen molar-refractivity contribution in [3.05, 3.63) is 87.8 Å². The van der Waals surface area contributed by atoms with E-state index in [1.165, 1.54) is 37.4 Å². The van der Waals surface area contributed by atoms with Crippen molar-refractivity contribution in [2.45, 2.75) is 12.6 Å². The van der Waals surface area contributed by atoms with Gasteiger partial charge in [-0.3, -0.25) is 9.69 Å². The summed E-state index contributed by atoms with van der Waals surface area (Å²) in [4.78, 5) is 31.2. The van der Waals surface area contributed by atoms with Crippen LogP contribution in [-0.4, -0.2) is 38.4 Å². The summed E-state index contributed by atoms with van der Waals surface area (Å²) < 4.78 is 41.7. The Labute approximate surface area is 201 Å². The molecular formula is C25H18F3N5O3. The van der Waals surface area contributed by atoms with Gasteiger partial charge in [-0.25, -0.2) is 14.9 Å². The number of fused-ring (bicyclic) bond motifs is 2. The predicted octanol–water partition coefficient (Wildman–Crippen LogP) is 5.19. The number of nitrogens with zero attached hydrogens (tertiary/aromatic N) is 3. The highest BCUT2D eigenvalue weighted by Gasteiger charge is 2.34. The minimum atomic E-state index is -4.60. The summed E-state index contributed by atoms with van der Waals surface area (Å²) in [6.07, 6.45) is -5.64. The van der Waals surface area contributed by atoms with Gasteiger partial charge < -0.3 is 10.1 Å². The van der Waals surface area contributed by atoms with Crippen molar-refractivity contribution in [3.63, 3.8) is 0 Å². The summed E-state index contributed by atoms with van der Waals surface area (Å²) in [5.41, 5.74) is 0.982. The molecule has 0 aliphatic rings. The zero-order chi connectivity index (χ0) is 25.6. The average molecular weight is 493 g/mol. The van der Waals surface area contributed by atoms with Crippen molar-refractivity contribution in [2.24, 2.45) is 0 Å². The number of hydrogen-bond donors (Lipinski definition) is 3.